The molecular formula is C32H38FNO. The van der Waals surface area contributed by atoms with E-state index < -0.39 is 0 Å². The number of unbranched alkanes of at least 4 members (excludes halogenated alkanes) is 2. The number of benzene rings is 3. The molecule has 3 heteroatoms. The number of aldehydes is 1. The quantitative estimate of drug-likeness (QED) is 0.154. The molecule has 0 heterocycles. The van der Waals surface area contributed by atoms with E-state index in [0.717, 1.165) is 22.6 Å². The van der Waals surface area contributed by atoms with E-state index in [0.29, 0.717) is 23.5 Å². The van der Waals surface area contributed by atoms with Crippen LogP contribution in [0.1, 0.15) is 69.8 Å². The molecule has 3 aromatic rings. The first-order chi connectivity index (χ1) is 17.0. The molecular weight excluding hydrogens is 433 g/mol. The Morgan fingerprint density at radius 2 is 1.49 bits per heavy atom. The topological polar surface area (TPSA) is 43.1 Å². The molecule has 0 atom stereocenters. The molecule has 0 bridgehead atoms. The lowest BCUT2D eigenvalue weighted by Crippen LogP contribution is -2.13. The number of allylic oxidation sites excluding steroid dienone is 1. The Balaban J connectivity index is 0.000000795. The molecule has 2 N–H and O–H groups in total. The third kappa shape index (κ3) is 7.65. The summed E-state index contributed by atoms with van der Waals surface area (Å²) in [5, 5.41) is 0. The van der Waals surface area contributed by atoms with Crippen LogP contribution in [0.3, 0.4) is 0 Å². The monoisotopic (exact) mass is 471 g/mol. The van der Waals surface area contributed by atoms with Crippen molar-refractivity contribution in [1.29, 1.82) is 0 Å². The first-order valence-corrected chi connectivity index (χ1v) is 12.9. The molecule has 0 aliphatic heterocycles. The lowest BCUT2D eigenvalue weighted by Gasteiger charge is -2.29. The first kappa shape index (κ1) is 26.4. The number of carbonyl (C=O) groups is 1. The number of hydrogen-bond donors (Lipinski definition) is 1. The summed E-state index contributed by atoms with van der Waals surface area (Å²) < 4.78 is 14.8. The van der Waals surface area contributed by atoms with Crippen molar-refractivity contribution in [1.82, 2.24) is 0 Å². The fraction of sp³-hybridized carbons (Fsp3) is 0.344. The average molecular weight is 472 g/mol. The highest BCUT2D eigenvalue weighted by atomic mass is 19.1. The van der Waals surface area contributed by atoms with Crippen LogP contribution in [-0.4, -0.2) is 6.29 Å². The molecule has 0 amide bonds. The maximum atomic E-state index is 14.8. The van der Waals surface area contributed by atoms with Gasteiger partial charge in [0.1, 0.15) is 12.1 Å². The second kappa shape index (κ2) is 13.6. The Kier molecular flexibility index (Phi) is 10.3. The molecule has 1 aliphatic rings. The van der Waals surface area contributed by atoms with Crippen LogP contribution in [0.25, 0.3) is 22.3 Å². The van der Waals surface area contributed by atoms with Gasteiger partial charge in [0.2, 0.25) is 0 Å². The highest BCUT2D eigenvalue weighted by Crippen LogP contribution is 2.38. The molecule has 3 aromatic carbocycles. The van der Waals surface area contributed by atoms with Crippen LogP contribution in [0.2, 0.25) is 0 Å². The van der Waals surface area contributed by atoms with Gasteiger partial charge in [-0.05, 0) is 84.0 Å². The first-order valence-electron chi connectivity index (χ1n) is 12.9. The van der Waals surface area contributed by atoms with E-state index in [4.69, 9.17) is 10.5 Å². The van der Waals surface area contributed by atoms with Crippen molar-refractivity contribution in [3.8, 4) is 22.3 Å². The molecule has 1 saturated carbocycles. The van der Waals surface area contributed by atoms with Gasteiger partial charge < -0.3 is 5.73 Å². The minimum absolute atomic E-state index is 0.201. The lowest BCUT2D eigenvalue weighted by molar-refractivity contribution is -0.104. The minimum atomic E-state index is -0.201. The summed E-state index contributed by atoms with van der Waals surface area (Å²) in [4.78, 5) is 9.06. The summed E-state index contributed by atoms with van der Waals surface area (Å²) in [6, 6.07) is 21.7. The molecule has 0 saturated heterocycles. The normalized spacial score (nSPS) is 17.2. The molecule has 0 radical (unpaired) electrons. The Morgan fingerprint density at radius 3 is 2.06 bits per heavy atom. The van der Waals surface area contributed by atoms with Gasteiger partial charge in [-0.25, -0.2) is 4.39 Å². The van der Waals surface area contributed by atoms with Crippen LogP contribution in [0.15, 0.2) is 79.4 Å². The summed E-state index contributed by atoms with van der Waals surface area (Å²) >= 11 is 0. The van der Waals surface area contributed by atoms with Crippen LogP contribution in [0.5, 0.6) is 0 Å². The second-order valence-electron chi connectivity index (χ2n) is 9.52. The van der Waals surface area contributed by atoms with Gasteiger partial charge in [-0.15, -0.1) is 0 Å². The van der Waals surface area contributed by atoms with E-state index in [9.17, 15) is 4.39 Å². The summed E-state index contributed by atoms with van der Waals surface area (Å²) in [6.07, 6.45) is 12.7. The predicted octanol–water partition coefficient (Wildman–Crippen LogP) is 8.97. The number of anilines is 1. The van der Waals surface area contributed by atoms with Gasteiger partial charge in [0, 0.05) is 11.3 Å². The van der Waals surface area contributed by atoms with E-state index in [1.807, 2.05) is 24.3 Å². The Morgan fingerprint density at radius 1 is 0.886 bits per heavy atom. The van der Waals surface area contributed by atoms with Gasteiger partial charge in [0.05, 0.1) is 0 Å². The number of halogens is 1. The summed E-state index contributed by atoms with van der Waals surface area (Å²) in [5.41, 5.74) is 11.3. The zero-order valence-electron chi connectivity index (χ0n) is 20.9. The van der Waals surface area contributed by atoms with Crippen molar-refractivity contribution in [2.24, 2.45) is 5.92 Å². The molecule has 4 rings (SSSR count). The number of rotatable bonds is 8. The van der Waals surface area contributed by atoms with E-state index >= 15 is 0 Å². The second-order valence-corrected chi connectivity index (χ2v) is 9.52. The minimum Gasteiger partial charge on any atom is -0.399 e. The highest BCUT2D eigenvalue weighted by Gasteiger charge is 2.22. The molecule has 0 aromatic heterocycles. The molecule has 1 aliphatic carbocycles. The van der Waals surface area contributed by atoms with Gasteiger partial charge in [0.25, 0.3) is 0 Å². The summed E-state index contributed by atoms with van der Waals surface area (Å²) in [6.45, 7) is 5.39. The molecule has 35 heavy (non-hydrogen) atoms. The van der Waals surface area contributed by atoms with Gasteiger partial charge in [-0.2, -0.15) is 0 Å². The number of hydrogen-bond acceptors (Lipinski definition) is 2. The van der Waals surface area contributed by atoms with Gasteiger partial charge in [0.15, 0.2) is 0 Å². The molecule has 1 fully saturated rings. The van der Waals surface area contributed by atoms with Crippen LogP contribution in [0, 0.1) is 11.7 Å². The van der Waals surface area contributed by atoms with Crippen LogP contribution in [0.4, 0.5) is 10.1 Å². The summed E-state index contributed by atoms with van der Waals surface area (Å²) in [5.74, 6) is 1.42. The molecule has 2 nitrogen and oxygen atoms in total. The third-order valence-electron chi connectivity index (χ3n) is 7.07. The van der Waals surface area contributed by atoms with Crippen molar-refractivity contribution < 1.29 is 9.18 Å². The molecule has 0 unspecified atom stereocenters. The van der Waals surface area contributed by atoms with Crippen molar-refractivity contribution in [2.75, 3.05) is 5.73 Å². The predicted molar refractivity (Wildman–Crippen MR) is 147 cm³/mol. The number of nitrogens with two attached hydrogens (primary N) is 1. The maximum Gasteiger partial charge on any atom is 0.142 e. The van der Waals surface area contributed by atoms with Gasteiger partial charge in [-0.3, -0.25) is 4.79 Å². The van der Waals surface area contributed by atoms with Gasteiger partial charge in [-0.1, -0.05) is 87.7 Å². The zero-order valence-corrected chi connectivity index (χ0v) is 20.9. The van der Waals surface area contributed by atoms with Crippen LogP contribution >= 0.6 is 0 Å². The van der Waals surface area contributed by atoms with E-state index in [2.05, 4.69) is 37.8 Å². The Labute approximate surface area is 210 Å². The van der Waals surface area contributed by atoms with Crippen molar-refractivity contribution in [3.05, 3.63) is 90.8 Å². The van der Waals surface area contributed by atoms with Crippen molar-refractivity contribution in [3.63, 3.8) is 0 Å². The van der Waals surface area contributed by atoms with E-state index in [1.54, 1.807) is 18.2 Å². The number of nitrogen functional groups attached to an aromatic ring is 1. The highest BCUT2D eigenvalue weighted by molar-refractivity contribution is 5.72. The standard InChI is InChI=1S/C29H34FN.C3H4O/c1-2-3-4-5-21-6-8-22(9-7-21)23-10-12-24(13-11-23)26-16-19-28(29(30)20-26)25-14-17-27(31)18-15-25;1-2-3-4/h10-22H,2-9,31H2,1H3;2-3H,1H2. The zero-order chi connectivity index (χ0) is 25.0. The molecule has 184 valence electrons. The van der Waals surface area contributed by atoms with E-state index in [-0.39, 0.29) is 5.82 Å². The SMILES string of the molecule is C=CC=O.CCCCCC1CCC(c2ccc(-c3ccc(-c4ccc(N)cc4)c(F)c3)cc2)CC1. The van der Waals surface area contributed by atoms with Crippen LogP contribution in [-0.2, 0) is 4.79 Å². The largest absolute Gasteiger partial charge is 0.399 e. The Bertz CT molecular complexity index is 1060. The smallest absolute Gasteiger partial charge is 0.142 e. The fourth-order valence-electron chi connectivity index (χ4n) is 5.01. The maximum absolute atomic E-state index is 14.8. The Hall–Kier alpha value is -3.20. The van der Waals surface area contributed by atoms with Crippen molar-refractivity contribution in [2.45, 2.75) is 64.2 Å². The number of carbonyl (C=O) groups excluding carboxylic acids is 1. The third-order valence-corrected chi connectivity index (χ3v) is 7.07. The average Bonchev–Trinajstić information content (AvgIpc) is 2.90. The molecule has 0 spiro atoms. The lowest BCUT2D eigenvalue weighted by atomic mass is 9.77. The fourth-order valence-corrected chi connectivity index (χ4v) is 5.01. The van der Waals surface area contributed by atoms with Gasteiger partial charge >= 0.3 is 0 Å². The van der Waals surface area contributed by atoms with E-state index in [1.165, 1.54) is 63.0 Å². The summed E-state index contributed by atoms with van der Waals surface area (Å²) in [7, 11) is 0. The van der Waals surface area contributed by atoms with Crippen LogP contribution < -0.4 is 5.73 Å². The van der Waals surface area contributed by atoms with Crippen molar-refractivity contribution >= 4 is 12.0 Å².